The highest BCUT2D eigenvalue weighted by Gasteiger charge is 2.24. The molecule has 1 atom stereocenters. The minimum atomic E-state index is -0.257. The number of hydrogen-bond acceptors (Lipinski definition) is 2. The molecule has 0 aromatic heterocycles. The van der Waals surface area contributed by atoms with E-state index < -0.39 is 0 Å². The van der Waals surface area contributed by atoms with Gasteiger partial charge < -0.3 is 16.0 Å². The van der Waals surface area contributed by atoms with Gasteiger partial charge in [0.15, 0.2) is 5.96 Å². The summed E-state index contributed by atoms with van der Waals surface area (Å²) in [7, 11) is 1.68. The molecule has 2 aromatic carbocycles. The fraction of sp³-hybridized carbons (Fsp3) is 0.263. The summed E-state index contributed by atoms with van der Waals surface area (Å²) in [5.41, 5.74) is 2.83. The number of aliphatic imine (C=N–C) groups is 1. The molecule has 1 unspecified atom stereocenters. The van der Waals surface area contributed by atoms with Gasteiger partial charge in [0, 0.05) is 38.2 Å². The molecule has 3 rings (SSSR count). The lowest BCUT2D eigenvalue weighted by molar-refractivity contribution is -0.116. The van der Waals surface area contributed by atoms with Crippen molar-refractivity contribution in [2.24, 2.45) is 4.99 Å². The van der Waals surface area contributed by atoms with Gasteiger partial charge in [-0.25, -0.2) is 4.39 Å². The molecular weight excluding hydrogens is 446 g/mol. The first-order valence-corrected chi connectivity index (χ1v) is 8.23. The topological polar surface area (TPSA) is 65.5 Å². The van der Waals surface area contributed by atoms with Gasteiger partial charge in [-0.3, -0.25) is 9.79 Å². The summed E-state index contributed by atoms with van der Waals surface area (Å²) in [6.45, 7) is 1.06. The van der Waals surface area contributed by atoms with Crippen LogP contribution in [0.2, 0.25) is 0 Å². The second-order valence-electron chi connectivity index (χ2n) is 5.97. The van der Waals surface area contributed by atoms with Gasteiger partial charge >= 0.3 is 0 Å². The fourth-order valence-corrected chi connectivity index (χ4v) is 2.96. The third-order valence-electron chi connectivity index (χ3n) is 4.20. The Hall–Kier alpha value is -2.16. The number of rotatable bonds is 4. The molecule has 0 saturated carbocycles. The summed E-state index contributed by atoms with van der Waals surface area (Å²) in [5, 5.41) is 9.31. The Bertz CT molecular complexity index is 797. The summed E-state index contributed by atoms with van der Waals surface area (Å²) >= 11 is 0. The van der Waals surface area contributed by atoms with E-state index in [9.17, 15) is 9.18 Å². The number of carbonyl (C=O) groups is 1. The molecule has 2 aromatic rings. The van der Waals surface area contributed by atoms with Crippen LogP contribution in [0.5, 0.6) is 0 Å². The quantitative estimate of drug-likeness (QED) is 0.367. The standard InChI is InChI=1S/C19H21FN4O.HI/c1-21-19(22-11-13-5-4-6-15(20)9-13)23-12-14-10-18(25)24-17-8-3-2-7-16(14)17;/h2-9,14H,10-12H2,1H3,(H,24,25)(H2,21,22,23);1H. The van der Waals surface area contributed by atoms with E-state index in [2.05, 4.69) is 20.9 Å². The summed E-state index contributed by atoms with van der Waals surface area (Å²) in [6.07, 6.45) is 0.435. The monoisotopic (exact) mass is 468 g/mol. The highest BCUT2D eigenvalue weighted by Crippen LogP contribution is 2.31. The maximum Gasteiger partial charge on any atom is 0.225 e. The zero-order valence-corrected chi connectivity index (χ0v) is 16.8. The predicted octanol–water partition coefficient (Wildman–Crippen LogP) is 3.23. The molecule has 0 radical (unpaired) electrons. The molecule has 7 heteroatoms. The van der Waals surface area contributed by atoms with Crippen molar-refractivity contribution in [1.82, 2.24) is 10.6 Å². The van der Waals surface area contributed by atoms with E-state index in [1.807, 2.05) is 30.3 Å². The zero-order chi connectivity index (χ0) is 17.6. The Morgan fingerprint density at radius 2 is 2.04 bits per heavy atom. The van der Waals surface area contributed by atoms with Gasteiger partial charge in [0.25, 0.3) is 0 Å². The average Bonchev–Trinajstić information content (AvgIpc) is 2.61. The highest BCUT2D eigenvalue weighted by molar-refractivity contribution is 14.0. The maximum atomic E-state index is 13.2. The smallest absolute Gasteiger partial charge is 0.225 e. The molecule has 0 spiro atoms. The number of carbonyl (C=O) groups excluding carboxylic acids is 1. The number of para-hydroxylation sites is 1. The van der Waals surface area contributed by atoms with Crippen molar-refractivity contribution in [2.45, 2.75) is 18.9 Å². The van der Waals surface area contributed by atoms with Crippen LogP contribution in [0.25, 0.3) is 0 Å². The SMILES string of the molecule is CN=C(NCc1cccc(F)c1)NCC1CC(=O)Nc2ccccc21.I. The number of anilines is 1. The van der Waals surface area contributed by atoms with E-state index in [1.165, 1.54) is 12.1 Å². The number of halogens is 2. The van der Waals surface area contributed by atoms with Crippen LogP contribution in [0.4, 0.5) is 10.1 Å². The lowest BCUT2D eigenvalue weighted by Crippen LogP contribution is -2.40. The van der Waals surface area contributed by atoms with Crippen molar-refractivity contribution in [2.75, 3.05) is 18.9 Å². The van der Waals surface area contributed by atoms with Crippen LogP contribution >= 0.6 is 24.0 Å². The van der Waals surface area contributed by atoms with Crippen LogP contribution in [-0.2, 0) is 11.3 Å². The Morgan fingerprint density at radius 3 is 2.81 bits per heavy atom. The van der Waals surface area contributed by atoms with E-state index in [-0.39, 0.29) is 41.6 Å². The number of amides is 1. The molecule has 138 valence electrons. The average molecular weight is 468 g/mol. The Morgan fingerprint density at radius 1 is 1.23 bits per heavy atom. The van der Waals surface area contributed by atoms with E-state index in [0.29, 0.717) is 25.5 Å². The molecule has 3 N–H and O–H groups in total. The van der Waals surface area contributed by atoms with Crippen molar-refractivity contribution in [1.29, 1.82) is 0 Å². The lowest BCUT2D eigenvalue weighted by atomic mass is 9.90. The summed E-state index contributed by atoms with van der Waals surface area (Å²) in [5.74, 6) is 0.464. The number of nitrogens with zero attached hydrogens (tertiary/aromatic N) is 1. The summed E-state index contributed by atoms with van der Waals surface area (Å²) in [4.78, 5) is 16.1. The second-order valence-corrected chi connectivity index (χ2v) is 5.97. The van der Waals surface area contributed by atoms with Crippen LogP contribution in [-0.4, -0.2) is 25.5 Å². The molecule has 0 aliphatic carbocycles. The molecular formula is C19H22FIN4O. The lowest BCUT2D eigenvalue weighted by Gasteiger charge is -2.26. The van der Waals surface area contributed by atoms with Crippen molar-refractivity contribution < 1.29 is 9.18 Å². The third kappa shape index (κ3) is 5.17. The van der Waals surface area contributed by atoms with Crippen LogP contribution in [0.3, 0.4) is 0 Å². The molecule has 5 nitrogen and oxygen atoms in total. The van der Waals surface area contributed by atoms with Gasteiger partial charge in [0.05, 0.1) is 0 Å². The van der Waals surface area contributed by atoms with Crippen LogP contribution < -0.4 is 16.0 Å². The Labute approximate surface area is 169 Å². The van der Waals surface area contributed by atoms with Crippen LogP contribution in [0, 0.1) is 5.82 Å². The fourth-order valence-electron chi connectivity index (χ4n) is 2.96. The molecule has 26 heavy (non-hydrogen) atoms. The van der Waals surface area contributed by atoms with E-state index >= 15 is 0 Å². The zero-order valence-electron chi connectivity index (χ0n) is 14.5. The minimum Gasteiger partial charge on any atom is -0.356 e. The molecule has 1 aliphatic rings. The molecule has 0 fully saturated rings. The minimum absolute atomic E-state index is 0. The Kier molecular flexibility index (Phi) is 7.38. The molecule has 0 bridgehead atoms. The van der Waals surface area contributed by atoms with E-state index in [0.717, 1.165) is 16.8 Å². The van der Waals surface area contributed by atoms with Crippen molar-refractivity contribution in [3.63, 3.8) is 0 Å². The molecule has 1 amide bonds. The predicted molar refractivity (Wildman–Crippen MR) is 112 cm³/mol. The first-order valence-electron chi connectivity index (χ1n) is 8.23. The van der Waals surface area contributed by atoms with Gasteiger partial charge in [-0.15, -0.1) is 24.0 Å². The Balaban J connectivity index is 0.00000243. The number of benzene rings is 2. The molecule has 1 aliphatic heterocycles. The van der Waals surface area contributed by atoms with E-state index in [4.69, 9.17) is 0 Å². The first-order chi connectivity index (χ1) is 12.2. The largest absolute Gasteiger partial charge is 0.356 e. The number of nitrogens with one attached hydrogen (secondary N) is 3. The summed E-state index contributed by atoms with van der Waals surface area (Å²) in [6, 6.07) is 14.3. The molecule has 1 heterocycles. The van der Waals surface area contributed by atoms with Gasteiger partial charge in [-0.2, -0.15) is 0 Å². The van der Waals surface area contributed by atoms with Gasteiger partial charge in [0.1, 0.15) is 5.82 Å². The van der Waals surface area contributed by atoms with Crippen LogP contribution in [0.1, 0.15) is 23.5 Å². The third-order valence-corrected chi connectivity index (χ3v) is 4.20. The maximum absolute atomic E-state index is 13.2. The van der Waals surface area contributed by atoms with Crippen LogP contribution in [0.15, 0.2) is 53.5 Å². The van der Waals surface area contributed by atoms with E-state index in [1.54, 1.807) is 13.1 Å². The van der Waals surface area contributed by atoms with Gasteiger partial charge in [-0.1, -0.05) is 30.3 Å². The number of guanidine groups is 1. The summed E-state index contributed by atoms with van der Waals surface area (Å²) < 4.78 is 13.2. The van der Waals surface area contributed by atoms with Gasteiger partial charge in [0.2, 0.25) is 5.91 Å². The van der Waals surface area contributed by atoms with Crippen molar-refractivity contribution in [3.8, 4) is 0 Å². The molecule has 0 saturated heterocycles. The van der Waals surface area contributed by atoms with Gasteiger partial charge in [-0.05, 0) is 29.3 Å². The first kappa shape index (κ1) is 20.2. The number of fused-ring (bicyclic) bond motifs is 1. The number of hydrogen-bond donors (Lipinski definition) is 3. The van der Waals surface area contributed by atoms with Crippen molar-refractivity contribution in [3.05, 3.63) is 65.5 Å². The highest BCUT2D eigenvalue weighted by atomic mass is 127. The van der Waals surface area contributed by atoms with Crippen molar-refractivity contribution >= 4 is 41.5 Å². The normalized spacial score (nSPS) is 16.2. The second kappa shape index (κ2) is 9.51.